The minimum absolute atomic E-state index is 0.282. The first-order chi connectivity index (χ1) is 13.2. The van der Waals surface area contributed by atoms with Crippen molar-refractivity contribution in [2.24, 2.45) is 12.0 Å². The van der Waals surface area contributed by atoms with Gasteiger partial charge in [0.15, 0.2) is 17.5 Å². The molecule has 0 spiro atoms. The molecular formula is C20H23N5O2. The molecule has 0 saturated carbocycles. The quantitative estimate of drug-likeness (QED) is 0.537. The number of nitrogens with one attached hydrogen (secondary N) is 2. The third-order valence-electron chi connectivity index (χ3n) is 4.49. The number of hydrogen-bond donors (Lipinski definition) is 2. The van der Waals surface area contributed by atoms with Gasteiger partial charge in [-0.2, -0.15) is 0 Å². The fourth-order valence-electron chi connectivity index (χ4n) is 3.07. The molecule has 140 valence electrons. The van der Waals surface area contributed by atoms with E-state index in [0.29, 0.717) is 13.1 Å². The summed E-state index contributed by atoms with van der Waals surface area (Å²) in [6, 6.07) is 14.0. The van der Waals surface area contributed by atoms with Crippen molar-refractivity contribution in [3.05, 3.63) is 53.9 Å². The van der Waals surface area contributed by atoms with Crippen molar-refractivity contribution in [2.75, 3.05) is 13.3 Å². The maximum Gasteiger partial charge on any atom is 0.231 e. The van der Waals surface area contributed by atoms with E-state index >= 15 is 0 Å². The number of hydrogen-bond acceptors (Lipinski definition) is 4. The van der Waals surface area contributed by atoms with Crippen LogP contribution in [0.25, 0.3) is 11.0 Å². The lowest BCUT2D eigenvalue weighted by Crippen LogP contribution is -2.37. The molecule has 0 atom stereocenters. The minimum atomic E-state index is 0.282. The van der Waals surface area contributed by atoms with Gasteiger partial charge in [0.2, 0.25) is 6.79 Å². The summed E-state index contributed by atoms with van der Waals surface area (Å²) in [4.78, 5) is 9.36. The Bertz CT molecular complexity index is 980. The molecule has 0 saturated heterocycles. The van der Waals surface area contributed by atoms with Gasteiger partial charge in [-0.1, -0.05) is 18.2 Å². The highest BCUT2D eigenvalue weighted by atomic mass is 16.7. The van der Waals surface area contributed by atoms with E-state index < -0.39 is 0 Å². The van der Waals surface area contributed by atoms with E-state index in [9.17, 15) is 0 Å². The number of nitrogens with zero attached hydrogens (tertiary/aromatic N) is 3. The highest BCUT2D eigenvalue weighted by molar-refractivity contribution is 5.80. The van der Waals surface area contributed by atoms with E-state index in [4.69, 9.17) is 9.47 Å². The van der Waals surface area contributed by atoms with Crippen LogP contribution in [-0.4, -0.2) is 28.8 Å². The van der Waals surface area contributed by atoms with Crippen LogP contribution in [-0.2, 0) is 20.1 Å². The maximum absolute atomic E-state index is 5.43. The number of aryl methyl sites for hydroxylation is 1. The normalized spacial score (nSPS) is 13.2. The minimum Gasteiger partial charge on any atom is -0.454 e. The van der Waals surface area contributed by atoms with Gasteiger partial charge in [0, 0.05) is 13.6 Å². The third kappa shape index (κ3) is 3.67. The van der Waals surface area contributed by atoms with E-state index in [-0.39, 0.29) is 6.79 Å². The smallest absolute Gasteiger partial charge is 0.231 e. The lowest BCUT2D eigenvalue weighted by molar-refractivity contribution is 0.174. The third-order valence-corrected chi connectivity index (χ3v) is 4.49. The van der Waals surface area contributed by atoms with Crippen LogP contribution in [0, 0.1) is 0 Å². The molecule has 3 aromatic rings. The van der Waals surface area contributed by atoms with Gasteiger partial charge in [-0.15, -0.1) is 0 Å². The van der Waals surface area contributed by atoms with E-state index in [0.717, 1.165) is 46.4 Å². The molecule has 1 aromatic heterocycles. The summed E-state index contributed by atoms with van der Waals surface area (Å²) in [5, 5.41) is 6.64. The second-order valence-electron chi connectivity index (χ2n) is 6.31. The monoisotopic (exact) mass is 365 g/mol. The van der Waals surface area contributed by atoms with Gasteiger partial charge in [-0.25, -0.2) is 9.98 Å². The zero-order valence-electron chi connectivity index (χ0n) is 15.5. The summed E-state index contributed by atoms with van der Waals surface area (Å²) < 4.78 is 12.9. The Morgan fingerprint density at radius 2 is 2.00 bits per heavy atom. The van der Waals surface area contributed by atoms with E-state index in [1.54, 1.807) is 0 Å². The lowest BCUT2D eigenvalue weighted by atomic mass is 10.2. The Balaban J connectivity index is 1.45. The van der Waals surface area contributed by atoms with Crippen LogP contribution in [0.5, 0.6) is 11.5 Å². The number of ether oxygens (including phenoxy) is 2. The first-order valence-corrected chi connectivity index (χ1v) is 9.05. The molecule has 7 nitrogen and oxygen atoms in total. The number of aliphatic imine (C=N–C) groups is 1. The van der Waals surface area contributed by atoms with Gasteiger partial charge >= 0.3 is 0 Å². The van der Waals surface area contributed by atoms with Crippen LogP contribution in [0.15, 0.2) is 47.5 Å². The molecule has 0 unspecified atom stereocenters. The van der Waals surface area contributed by atoms with Crippen LogP contribution < -0.4 is 20.1 Å². The van der Waals surface area contributed by atoms with Crippen molar-refractivity contribution in [3.8, 4) is 11.5 Å². The summed E-state index contributed by atoms with van der Waals surface area (Å²) in [7, 11) is 2.03. The van der Waals surface area contributed by atoms with Crippen LogP contribution in [0.1, 0.15) is 18.3 Å². The molecule has 0 fully saturated rings. The molecule has 27 heavy (non-hydrogen) atoms. The van der Waals surface area contributed by atoms with Gasteiger partial charge < -0.3 is 24.7 Å². The molecule has 7 heteroatoms. The number of aromatic nitrogens is 2. The maximum atomic E-state index is 5.43. The topological polar surface area (TPSA) is 72.7 Å². The van der Waals surface area contributed by atoms with Crippen molar-refractivity contribution in [2.45, 2.75) is 20.0 Å². The standard InChI is InChI=1S/C20H23N5O2/c1-3-21-20(22-11-14-8-9-17-18(10-14)27-13-26-17)23-12-19-24-15-6-4-5-7-16(15)25(19)2/h4-10H,3,11-13H2,1-2H3,(H2,21,22,23). The fourth-order valence-corrected chi connectivity index (χ4v) is 3.07. The predicted molar refractivity (Wildman–Crippen MR) is 105 cm³/mol. The second-order valence-corrected chi connectivity index (χ2v) is 6.31. The van der Waals surface area contributed by atoms with Crippen LogP contribution in [0.2, 0.25) is 0 Å². The number of guanidine groups is 1. The highest BCUT2D eigenvalue weighted by Gasteiger charge is 2.13. The zero-order valence-corrected chi connectivity index (χ0v) is 15.5. The summed E-state index contributed by atoms with van der Waals surface area (Å²) in [5.74, 6) is 3.28. The summed E-state index contributed by atoms with van der Waals surface area (Å²) in [6.45, 7) is 4.26. The largest absolute Gasteiger partial charge is 0.454 e. The van der Waals surface area contributed by atoms with E-state index in [1.165, 1.54) is 0 Å². The van der Waals surface area contributed by atoms with Crippen molar-refractivity contribution in [1.82, 2.24) is 20.2 Å². The predicted octanol–water partition coefficient (Wildman–Crippen LogP) is 2.56. The van der Waals surface area contributed by atoms with Crippen molar-refractivity contribution in [3.63, 3.8) is 0 Å². The molecular weight excluding hydrogens is 342 g/mol. The van der Waals surface area contributed by atoms with E-state index in [2.05, 4.69) is 31.2 Å². The number of para-hydroxylation sites is 2. The van der Waals surface area contributed by atoms with Crippen LogP contribution in [0.4, 0.5) is 0 Å². The molecule has 2 aromatic carbocycles. The summed E-state index contributed by atoms with van der Waals surface area (Å²) >= 11 is 0. The van der Waals surface area contributed by atoms with Gasteiger partial charge in [0.25, 0.3) is 0 Å². The number of imidazole rings is 1. The Labute approximate surface area is 158 Å². The van der Waals surface area contributed by atoms with Gasteiger partial charge in [0.1, 0.15) is 5.82 Å². The van der Waals surface area contributed by atoms with Crippen molar-refractivity contribution >= 4 is 17.0 Å². The average Bonchev–Trinajstić information content (AvgIpc) is 3.28. The van der Waals surface area contributed by atoms with Crippen molar-refractivity contribution < 1.29 is 9.47 Å². The molecule has 4 rings (SSSR count). The lowest BCUT2D eigenvalue weighted by Gasteiger charge is -2.11. The van der Waals surface area contributed by atoms with Crippen molar-refractivity contribution in [1.29, 1.82) is 0 Å². The van der Waals surface area contributed by atoms with Crippen LogP contribution in [0.3, 0.4) is 0 Å². The number of benzene rings is 2. The SMILES string of the molecule is CCNC(=NCc1ccc2c(c1)OCO2)NCc1nc2ccccc2n1C. The highest BCUT2D eigenvalue weighted by Crippen LogP contribution is 2.32. The first-order valence-electron chi connectivity index (χ1n) is 9.05. The Kier molecular flexibility index (Phi) is 4.82. The zero-order chi connectivity index (χ0) is 18.6. The summed E-state index contributed by atoms with van der Waals surface area (Å²) in [6.07, 6.45) is 0. The van der Waals surface area contributed by atoms with Crippen LogP contribution >= 0.6 is 0 Å². The average molecular weight is 365 g/mol. The molecule has 2 heterocycles. The molecule has 2 N–H and O–H groups in total. The molecule has 1 aliphatic heterocycles. The Morgan fingerprint density at radius 3 is 2.85 bits per heavy atom. The Hall–Kier alpha value is -3.22. The number of fused-ring (bicyclic) bond motifs is 2. The molecule has 0 radical (unpaired) electrons. The van der Waals surface area contributed by atoms with Gasteiger partial charge in [-0.05, 0) is 36.8 Å². The van der Waals surface area contributed by atoms with Gasteiger partial charge in [-0.3, -0.25) is 0 Å². The fraction of sp³-hybridized carbons (Fsp3) is 0.300. The number of rotatable bonds is 5. The first kappa shape index (κ1) is 17.2. The molecule has 0 bridgehead atoms. The molecule has 0 amide bonds. The summed E-state index contributed by atoms with van der Waals surface area (Å²) in [5.41, 5.74) is 3.19. The second kappa shape index (κ2) is 7.57. The molecule has 1 aliphatic rings. The molecule has 0 aliphatic carbocycles. The Morgan fingerprint density at radius 1 is 1.15 bits per heavy atom. The van der Waals surface area contributed by atoms with E-state index in [1.807, 2.05) is 50.4 Å². The van der Waals surface area contributed by atoms with Gasteiger partial charge in [0.05, 0.1) is 24.1 Å².